The quantitative estimate of drug-likeness (QED) is 0.514. The molecule has 2 amide bonds. The first-order chi connectivity index (χ1) is 10.4. The largest absolute Gasteiger partial charge is 0.493 e. The van der Waals surface area contributed by atoms with Gasteiger partial charge in [-0.25, -0.2) is 0 Å². The first-order valence-corrected chi connectivity index (χ1v) is 6.95. The Kier molecular flexibility index (Phi) is 4.71. The molecule has 22 heavy (non-hydrogen) atoms. The molecular formula is C14H13NO6S. The van der Waals surface area contributed by atoms with Crippen molar-refractivity contribution in [1.29, 1.82) is 0 Å². The second-order valence-corrected chi connectivity index (χ2v) is 5.22. The van der Waals surface area contributed by atoms with Crippen LogP contribution in [-0.4, -0.2) is 31.3 Å². The topological polar surface area (TPSA) is 90.9 Å². The number of amides is 2. The van der Waals surface area contributed by atoms with E-state index in [0.717, 1.165) is 11.8 Å². The number of benzene rings is 1. The second kappa shape index (κ2) is 6.52. The van der Waals surface area contributed by atoms with Gasteiger partial charge in [-0.05, 0) is 35.5 Å². The van der Waals surface area contributed by atoms with Crippen LogP contribution in [-0.2, 0) is 9.59 Å². The third kappa shape index (κ3) is 3.40. The fourth-order valence-electron chi connectivity index (χ4n) is 1.80. The average Bonchev–Trinajstić information content (AvgIpc) is 2.77. The van der Waals surface area contributed by atoms with Crippen molar-refractivity contribution in [2.75, 3.05) is 14.2 Å². The fraction of sp³-hybridized carbons (Fsp3) is 0.214. The number of methoxy groups -OCH3 is 2. The molecule has 116 valence electrons. The van der Waals surface area contributed by atoms with Gasteiger partial charge in [-0.2, -0.15) is 0 Å². The van der Waals surface area contributed by atoms with E-state index in [4.69, 9.17) is 14.2 Å². The molecule has 1 aliphatic rings. The third-order valence-electron chi connectivity index (χ3n) is 2.67. The number of hydrogen-bond donors (Lipinski definition) is 1. The lowest BCUT2D eigenvalue weighted by atomic mass is 10.1. The molecule has 0 radical (unpaired) electrons. The van der Waals surface area contributed by atoms with Crippen LogP contribution in [0, 0.1) is 0 Å². The van der Waals surface area contributed by atoms with Gasteiger partial charge in [0.2, 0.25) is 5.75 Å². The van der Waals surface area contributed by atoms with Gasteiger partial charge in [0.1, 0.15) is 0 Å². The number of carbonyl (C=O) groups excluding carboxylic acids is 3. The Morgan fingerprint density at radius 3 is 2.18 bits per heavy atom. The summed E-state index contributed by atoms with van der Waals surface area (Å²) >= 11 is 0.805. The molecule has 1 N–H and O–H groups in total. The van der Waals surface area contributed by atoms with E-state index in [1.165, 1.54) is 27.2 Å². The van der Waals surface area contributed by atoms with Gasteiger partial charge in [-0.15, -0.1) is 0 Å². The molecule has 0 unspecified atom stereocenters. The summed E-state index contributed by atoms with van der Waals surface area (Å²) in [5, 5.41) is 1.74. The van der Waals surface area contributed by atoms with Crippen LogP contribution in [0.5, 0.6) is 17.2 Å². The maximum absolute atomic E-state index is 11.6. The molecule has 1 heterocycles. The molecule has 0 aromatic heterocycles. The summed E-state index contributed by atoms with van der Waals surface area (Å²) in [5.41, 5.74) is 0.567. The number of imide groups is 1. The summed E-state index contributed by atoms with van der Waals surface area (Å²) in [4.78, 5) is 34.1. The molecule has 0 atom stereocenters. The highest BCUT2D eigenvalue weighted by atomic mass is 32.2. The van der Waals surface area contributed by atoms with Crippen LogP contribution in [0.2, 0.25) is 0 Å². The second-order valence-electron chi connectivity index (χ2n) is 4.20. The highest BCUT2D eigenvalue weighted by Gasteiger charge is 2.25. The van der Waals surface area contributed by atoms with E-state index in [1.54, 1.807) is 12.1 Å². The number of rotatable bonds is 4. The van der Waals surface area contributed by atoms with E-state index in [1.807, 2.05) is 0 Å². The summed E-state index contributed by atoms with van der Waals surface area (Å²) in [6.45, 7) is 1.26. The minimum atomic E-state index is -0.515. The van der Waals surface area contributed by atoms with Gasteiger partial charge in [-0.3, -0.25) is 19.7 Å². The van der Waals surface area contributed by atoms with Gasteiger partial charge in [0.25, 0.3) is 11.1 Å². The van der Waals surface area contributed by atoms with Crippen molar-refractivity contribution in [1.82, 2.24) is 5.32 Å². The molecule has 8 heteroatoms. The Hall–Kier alpha value is -2.48. The van der Waals surface area contributed by atoms with Crippen molar-refractivity contribution < 1.29 is 28.6 Å². The van der Waals surface area contributed by atoms with Crippen LogP contribution >= 0.6 is 11.8 Å². The molecule has 0 aliphatic carbocycles. The number of nitrogens with one attached hydrogen (secondary N) is 1. The van der Waals surface area contributed by atoms with Crippen LogP contribution in [0.4, 0.5) is 4.79 Å². The maximum Gasteiger partial charge on any atom is 0.308 e. The molecule has 7 nitrogen and oxygen atoms in total. The van der Waals surface area contributed by atoms with Gasteiger partial charge < -0.3 is 14.2 Å². The first kappa shape index (κ1) is 15.9. The normalized spacial score (nSPS) is 15.7. The van der Waals surface area contributed by atoms with Crippen molar-refractivity contribution in [2.24, 2.45) is 0 Å². The Morgan fingerprint density at radius 1 is 1.18 bits per heavy atom. The van der Waals surface area contributed by atoms with E-state index in [-0.39, 0.29) is 22.2 Å². The first-order valence-electron chi connectivity index (χ1n) is 6.14. The van der Waals surface area contributed by atoms with E-state index in [0.29, 0.717) is 5.56 Å². The van der Waals surface area contributed by atoms with E-state index in [9.17, 15) is 14.4 Å². The van der Waals surface area contributed by atoms with Crippen molar-refractivity contribution in [3.05, 3.63) is 22.6 Å². The number of thioether (sulfide) groups is 1. The zero-order valence-corrected chi connectivity index (χ0v) is 12.9. The van der Waals surface area contributed by atoms with Gasteiger partial charge in [0, 0.05) is 6.92 Å². The Bertz CT molecular complexity index is 657. The van der Waals surface area contributed by atoms with Gasteiger partial charge >= 0.3 is 5.97 Å². The van der Waals surface area contributed by atoms with E-state index >= 15 is 0 Å². The maximum atomic E-state index is 11.6. The molecule has 0 bridgehead atoms. The van der Waals surface area contributed by atoms with Crippen molar-refractivity contribution in [3.8, 4) is 17.2 Å². The zero-order valence-electron chi connectivity index (χ0n) is 12.1. The summed E-state index contributed by atoms with van der Waals surface area (Å²) in [6, 6.07) is 3.15. The van der Waals surface area contributed by atoms with Crippen molar-refractivity contribution >= 4 is 35.0 Å². The molecule has 1 saturated heterocycles. The molecule has 1 fully saturated rings. The smallest absolute Gasteiger partial charge is 0.308 e. The van der Waals surface area contributed by atoms with Crippen molar-refractivity contribution in [3.63, 3.8) is 0 Å². The predicted octanol–water partition coefficient (Wildman–Crippen LogP) is 1.95. The summed E-state index contributed by atoms with van der Waals surface area (Å²) in [5.74, 6) is -0.275. The minimum absolute atomic E-state index is 0.152. The molecule has 1 aromatic carbocycles. The molecule has 1 aliphatic heterocycles. The Labute approximate surface area is 130 Å². The SMILES string of the molecule is COc1cc(/C=C2\SC(=O)NC2=O)cc(OC)c1OC(C)=O. The number of carbonyl (C=O) groups is 3. The molecule has 2 rings (SSSR count). The molecule has 0 spiro atoms. The van der Waals surface area contributed by atoms with Gasteiger partial charge in [0.05, 0.1) is 19.1 Å². The highest BCUT2D eigenvalue weighted by Crippen LogP contribution is 2.40. The van der Waals surface area contributed by atoms with Crippen LogP contribution in [0.15, 0.2) is 17.0 Å². The number of esters is 1. The molecule has 0 saturated carbocycles. The Balaban J connectivity index is 2.46. The highest BCUT2D eigenvalue weighted by molar-refractivity contribution is 8.18. The van der Waals surface area contributed by atoms with Crippen LogP contribution in [0.3, 0.4) is 0 Å². The molecular weight excluding hydrogens is 310 g/mol. The predicted molar refractivity (Wildman–Crippen MR) is 80.0 cm³/mol. The lowest BCUT2D eigenvalue weighted by molar-refractivity contribution is -0.132. The third-order valence-corrected chi connectivity index (χ3v) is 3.48. The number of ether oxygens (including phenoxy) is 3. The molecule has 1 aromatic rings. The summed E-state index contributed by atoms with van der Waals surface area (Å²) in [7, 11) is 2.83. The van der Waals surface area contributed by atoms with E-state index < -0.39 is 17.1 Å². The van der Waals surface area contributed by atoms with Gasteiger partial charge in [0.15, 0.2) is 11.5 Å². The standard InChI is InChI=1S/C14H13NO6S/c1-7(16)21-12-9(19-2)4-8(5-10(12)20-3)6-11-13(17)15-14(18)22-11/h4-6H,1-3H3,(H,15,17,18)/b11-6-. The fourth-order valence-corrected chi connectivity index (χ4v) is 2.48. The average molecular weight is 323 g/mol. The number of hydrogen-bond acceptors (Lipinski definition) is 7. The van der Waals surface area contributed by atoms with Crippen LogP contribution in [0.25, 0.3) is 6.08 Å². The Morgan fingerprint density at radius 2 is 1.77 bits per heavy atom. The van der Waals surface area contributed by atoms with Crippen LogP contribution < -0.4 is 19.5 Å². The van der Waals surface area contributed by atoms with E-state index in [2.05, 4.69) is 5.32 Å². The lowest BCUT2D eigenvalue weighted by Crippen LogP contribution is -2.17. The van der Waals surface area contributed by atoms with Crippen molar-refractivity contribution in [2.45, 2.75) is 6.92 Å². The van der Waals surface area contributed by atoms with Crippen LogP contribution in [0.1, 0.15) is 12.5 Å². The lowest BCUT2D eigenvalue weighted by Gasteiger charge is -2.13. The monoisotopic (exact) mass is 323 g/mol. The van der Waals surface area contributed by atoms with Gasteiger partial charge in [-0.1, -0.05) is 0 Å². The summed E-state index contributed by atoms with van der Waals surface area (Å²) < 4.78 is 15.4. The minimum Gasteiger partial charge on any atom is -0.493 e. The zero-order chi connectivity index (χ0) is 16.3. The summed E-state index contributed by atoms with van der Waals surface area (Å²) in [6.07, 6.45) is 1.52.